The Labute approximate surface area is 175 Å². The second kappa shape index (κ2) is 9.32. The Morgan fingerprint density at radius 1 is 1.03 bits per heavy atom. The fraction of sp³-hybridized carbons (Fsp3) is 0.286. The molecule has 2 rings (SSSR count). The summed E-state index contributed by atoms with van der Waals surface area (Å²) in [5, 5.41) is 2.50. The summed E-state index contributed by atoms with van der Waals surface area (Å²) < 4.78 is 77.5. The molecule has 10 heteroatoms. The maximum absolute atomic E-state index is 12.9. The molecule has 0 saturated heterocycles. The van der Waals surface area contributed by atoms with Crippen molar-refractivity contribution in [2.45, 2.75) is 32.4 Å². The summed E-state index contributed by atoms with van der Waals surface area (Å²) in [4.78, 5) is 13.7. The number of carbonyl (C=O) groups excluding carboxylic acids is 1. The van der Waals surface area contributed by atoms with Crippen LogP contribution in [0.5, 0.6) is 0 Å². The molecule has 0 aliphatic carbocycles. The number of benzene rings is 2. The van der Waals surface area contributed by atoms with Crippen molar-refractivity contribution >= 4 is 5.91 Å². The van der Waals surface area contributed by atoms with E-state index in [4.69, 9.17) is 5.73 Å². The molecule has 0 bridgehead atoms. The van der Waals surface area contributed by atoms with Crippen LogP contribution in [0.25, 0.3) is 0 Å². The number of hydrogen-bond acceptors (Lipinski definition) is 3. The number of likely N-dealkylation sites (N-methyl/N-ethyl adjacent to an activating group) is 1. The lowest BCUT2D eigenvalue weighted by Crippen LogP contribution is -2.31. The van der Waals surface area contributed by atoms with E-state index in [1.165, 1.54) is 11.9 Å². The van der Waals surface area contributed by atoms with Crippen molar-refractivity contribution in [2.24, 2.45) is 5.73 Å². The van der Waals surface area contributed by atoms with Gasteiger partial charge in [-0.05, 0) is 41.8 Å². The number of hydrogen-bond donors (Lipinski definition) is 2. The summed E-state index contributed by atoms with van der Waals surface area (Å²) in [6, 6.07) is 8.69. The normalized spacial score (nSPS) is 12.6. The number of amides is 1. The van der Waals surface area contributed by atoms with Gasteiger partial charge in [0.05, 0.1) is 11.1 Å². The van der Waals surface area contributed by atoms with Gasteiger partial charge in [-0.3, -0.25) is 4.79 Å². The quantitative estimate of drug-likeness (QED) is 0.506. The summed E-state index contributed by atoms with van der Waals surface area (Å²) in [5.74, 6) is -0.546. The van der Waals surface area contributed by atoms with Crippen LogP contribution in [0, 0.1) is 6.92 Å². The van der Waals surface area contributed by atoms with Gasteiger partial charge in [0.15, 0.2) is 0 Å². The molecule has 0 spiro atoms. The highest BCUT2D eigenvalue weighted by atomic mass is 19.4. The summed E-state index contributed by atoms with van der Waals surface area (Å²) in [6.45, 7) is 1.78. The SMILES string of the molecule is Cc1ccccc1CN(C)C(=O)/C(N)=C/NCc1cc(C(F)(F)F)cc(C(F)(F)F)c1. The number of nitrogens with one attached hydrogen (secondary N) is 1. The van der Waals surface area contributed by atoms with Crippen molar-refractivity contribution < 1.29 is 31.1 Å². The van der Waals surface area contributed by atoms with Gasteiger partial charge in [0.25, 0.3) is 5.91 Å². The molecule has 0 saturated carbocycles. The minimum atomic E-state index is -4.93. The Balaban J connectivity index is 2.10. The maximum atomic E-state index is 12.9. The smallest absolute Gasteiger partial charge is 0.393 e. The fourth-order valence-electron chi connectivity index (χ4n) is 2.80. The van der Waals surface area contributed by atoms with E-state index in [2.05, 4.69) is 5.32 Å². The van der Waals surface area contributed by atoms with Gasteiger partial charge in [-0.1, -0.05) is 24.3 Å². The first-order valence-corrected chi connectivity index (χ1v) is 9.06. The summed E-state index contributed by atoms with van der Waals surface area (Å²) in [6.07, 6.45) is -8.80. The Morgan fingerprint density at radius 2 is 1.58 bits per heavy atom. The lowest BCUT2D eigenvalue weighted by molar-refractivity contribution is -0.143. The fourth-order valence-corrected chi connectivity index (χ4v) is 2.80. The average molecular weight is 445 g/mol. The number of halogens is 6. The second-order valence-corrected chi connectivity index (χ2v) is 6.98. The largest absolute Gasteiger partial charge is 0.416 e. The lowest BCUT2D eigenvalue weighted by Gasteiger charge is -2.19. The van der Waals surface area contributed by atoms with Gasteiger partial charge in [0.1, 0.15) is 5.70 Å². The molecule has 4 nitrogen and oxygen atoms in total. The van der Waals surface area contributed by atoms with Crippen LogP contribution < -0.4 is 11.1 Å². The average Bonchev–Trinajstić information content (AvgIpc) is 2.67. The van der Waals surface area contributed by atoms with E-state index < -0.39 is 29.4 Å². The first-order chi connectivity index (χ1) is 14.3. The van der Waals surface area contributed by atoms with Gasteiger partial charge in [-0.2, -0.15) is 26.3 Å². The Hall–Kier alpha value is -3.17. The number of alkyl halides is 6. The van der Waals surface area contributed by atoms with Crippen LogP contribution in [0.2, 0.25) is 0 Å². The molecular formula is C21H21F6N3O. The second-order valence-electron chi connectivity index (χ2n) is 6.98. The van der Waals surface area contributed by atoms with Crippen molar-refractivity contribution in [3.8, 4) is 0 Å². The summed E-state index contributed by atoms with van der Waals surface area (Å²) >= 11 is 0. The van der Waals surface area contributed by atoms with E-state index in [0.29, 0.717) is 12.1 Å². The van der Waals surface area contributed by atoms with Gasteiger partial charge in [0.2, 0.25) is 0 Å². The molecule has 3 N–H and O–H groups in total. The van der Waals surface area contributed by atoms with E-state index in [1.54, 1.807) is 0 Å². The first kappa shape index (κ1) is 24.1. The van der Waals surface area contributed by atoms with Gasteiger partial charge >= 0.3 is 12.4 Å². The maximum Gasteiger partial charge on any atom is 0.416 e. The molecule has 2 aromatic carbocycles. The molecule has 31 heavy (non-hydrogen) atoms. The molecule has 0 unspecified atom stereocenters. The number of rotatable bonds is 6. The molecule has 0 fully saturated rings. The van der Waals surface area contributed by atoms with Crippen LogP contribution in [0.15, 0.2) is 54.4 Å². The van der Waals surface area contributed by atoms with Gasteiger partial charge in [-0.25, -0.2) is 0 Å². The molecule has 1 amide bonds. The third kappa shape index (κ3) is 6.66. The minimum Gasteiger partial charge on any atom is -0.393 e. The van der Waals surface area contributed by atoms with E-state index in [9.17, 15) is 31.1 Å². The molecule has 0 heterocycles. The molecule has 0 atom stereocenters. The molecular weight excluding hydrogens is 424 g/mol. The highest BCUT2D eigenvalue weighted by Crippen LogP contribution is 2.36. The third-order valence-corrected chi connectivity index (χ3v) is 4.47. The number of nitrogens with two attached hydrogens (primary N) is 1. The van der Waals surface area contributed by atoms with Crippen molar-refractivity contribution in [1.29, 1.82) is 0 Å². The molecule has 0 aliphatic heterocycles. The van der Waals surface area contributed by atoms with E-state index in [1.807, 2.05) is 31.2 Å². The summed E-state index contributed by atoms with van der Waals surface area (Å²) in [7, 11) is 1.53. The van der Waals surface area contributed by atoms with Crippen molar-refractivity contribution in [1.82, 2.24) is 10.2 Å². The number of aryl methyl sites for hydroxylation is 1. The zero-order valence-electron chi connectivity index (χ0n) is 16.7. The van der Waals surface area contributed by atoms with Crippen LogP contribution in [0.3, 0.4) is 0 Å². The van der Waals surface area contributed by atoms with E-state index >= 15 is 0 Å². The van der Waals surface area contributed by atoms with Crippen LogP contribution in [-0.2, 0) is 30.2 Å². The topological polar surface area (TPSA) is 58.4 Å². The third-order valence-electron chi connectivity index (χ3n) is 4.47. The van der Waals surface area contributed by atoms with Crippen LogP contribution in [-0.4, -0.2) is 17.9 Å². The lowest BCUT2D eigenvalue weighted by atomic mass is 10.0. The van der Waals surface area contributed by atoms with Crippen molar-refractivity contribution in [3.05, 3.63) is 82.2 Å². The summed E-state index contributed by atoms with van der Waals surface area (Å²) in [5.41, 5.74) is 4.29. The Kier molecular flexibility index (Phi) is 7.24. The van der Waals surface area contributed by atoms with Crippen LogP contribution in [0.4, 0.5) is 26.3 Å². The van der Waals surface area contributed by atoms with Crippen molar-refractivity contribution in [3.63, 3.8) is 0 Å². The van der Waals surface area contributed by atoms with Crippen LogP contribution in [0.1, 0.15) is 27.8 Å². The Morgan fingerprint density at radius 3 is 2.10 bits per heavy atom. The van der Waals surface area contributed by atoms with Gasteiger partial charge < -0.3 is 16.0 Å². The number of carbonyl (C=O) groups is 1. The highest BCUT2D eigenvalue weighted by molar-refractivity contribution is 5.92. The minimum absolute atomic E-state index is 0.0533. The number of nitrogens with zero attached hydrogens (tertiary/aromatic N) is 1. The molecule has 0 aromatic heterocycles. The molecule has 2 aromatic rings. The molecule has 0 aliphatic rings. The zero-order valence-corrected chi connectivity index (χ0v) is 16.7. The van der Waals surface area contributed by atoms with Crippen LogP contribution >= 0.6 is 0 Å². The predicted octanol–water partition coefficient (Wildman–Crippen LogP) is 4.58. The zero-order chi connectivity index (χ0) is 23.4. The van der Waals surface area contributed by atoms with Gasteiger partial charge in [0, 0.05) is 26.3 Å². The van der Waals surface area contributed by atoms with E-state index in [0.717, 1.165) is 17.3 Å². The van der Waals surface area contributed by atoms with E-state index in [-0.39, 0.29) is 30.4 Å². The van der Waals surface area contributed by atoms with Crippen molar-refractivity contribution in [2.75, 3.05) is 7.05 Å². The standard InChI is InChI=1S/C21H21F6N3O/c1-13-5-3-4-6-15(13)12-30(2)19(31)18(28)11-29-10-14-7-16(20(22,23)24)9-17(8-14)21(25,26)27/h3-9,11,29H,10,12,28H2,1-2H3/b18-11-. The highest BCUT2D eigenvalue weighted by Gasteiger charge is 2.36. The first-order valence-electron chi connectivity index (χ1n) is 9.06. The Bertz CT molecular complexity index is 934. The molecule has 0 radical (unpaired) electrons. The van der Waals surface area contributed by atoms with Gasteiger partial charge in [-0.15, -0.1) is 0 Å². The monoisotopic (exact) mass is 445 g/mol. The predicted molar refractivity (Wildman–Crippen MR) is 103 cm³/mol. The molecule has 168 valence electrons.